The molecule has 2 aliphatic rings. The number of nitriles is 1. The molecule has 8 nitrogen and oxygen atoms in total. The number of thioether (sulfide) groups is 1. The topological polar surface area (TPSA) is 94.7 Å². The number of rotatable bonds is 7. The molecule has 2 saturated heterocycles. The van der Waals surface area contributed by atoms with Crippen molar-refractivity contribution < 1.29 is 9.53 Å². The first kappa shape index (κ1) is 21.8. The van der Waals surface area contributed by atoms with Crippen LogP contribution < -0.4 is 9.64 Å². The molecule has 2 bridgehead atoms. The number of aliphatic imine (C=N–C) groups is 1. The standard InChI is InChI=1S/C23H24N6O2S/c1-25-10-11-32-15-20-19(4-3-8-26-20)23(30)28-13-17-5-6-18(14-28)29(17)22-21(31-2)16(12-24)7-9-27-22/h3-4,7-11,17-18H,1,5-6,13-15H2,2H3/b11-10-. The lowest BCUT2D eigenvalue weighted by Crippen LogP contribution is -2.56. The molecule has 0 N–H and O–H groups in total. The first-order valence-electron chi connectivity index (χ1n) is 10.3. The Hall–Kier alpha value is -3.38. The number of aromatic nitrogens is 2. The summed E-state index contributed by atoms with van der Waals surface area (Å²) in [6.07, 6.45) is 6.90. The summed E-state index contributed by atoms with van der Waals surface area (Å²) in [4.78, 5) is 30.2. The maximum atomic E-state index is 13.4. The molecule has 0 saturated carbocycles. The number of carbonyl (C=O) groups is 1. The maximum Gasteiger partial charge on any atom is 0.255 e. The Kier molecular flexibility index (Phi) is 6.71. The van der Waals surface area contributed by atoms with Crippen LogP contribution in [0.25, 0.3) is 0 Å². The Morgan fingerprint density at radius 1 is 1.34 bits per heavy atom. The van der Waals surface area contributed by atoms with Crippen molar-refractivity contribution in [2.24, 2.45) is 4.99 Å². The van der Waals surface area contributed by atoms with Crippen LogP contribution in [0.1, 0.15) is 34.5 Å². The van der Waals surface area contributed by atoms with Crippen LogP contribution >= 0.6 is 11.8 Å². The van der Waals surface area contributed by atoms with E-state index in [-0.39, 0.29) is 18.0 Å². The Labute approximate surface area is 191 Å². The zero-order valence-corrected chi connectivity index (χ0v) is 18.7. The van der Waals surface area contributed by atoms with E-state index in [9.17, 15) is 10.1 Å². The van der Waals surface area contributed by atoms with E-state index in [0.29, 0.717) is 41.5 Å². The minimum Gasteiger partial charge on any atom is -0.492 e. The monoisotopic (exact) mass is 448 g/mol. The average molecular weight is 449 g/mol. The van der Waals surface area contributed by atoms with Gasteiger partial charge in [0.1, 0.15) is 6.07 Å². The van der Waals surface area contributed by atoms with E-state index >= 15 is 0 Å². The predicted octanol–water partition coefficient (Wildman–Crippen LogP) is 3.26. The largest absolute Gasteiger partial charge is 0.492 e. The molecule has 164 valence electrons. The van der Waals surface area contributed by atoms with Crippen molar-refractivity contribution in [2.45, 2.75) is 30.7 Å². The normalized spacial score (nSPS) is 19.8. The van der Waals surface area contributed by atoms with Gasteiger partial charge in [-0.1, -0.05) is 0 Å². The van der Waals surface area contributed by atoms with Gasteiger partial charge in [0, 0.05) is 49.5 Å². The smallest absolute Gasteiger partial charge is 0.255 e. The summed E-state index contributed by atoms with van der Waals surface area (Å²) in [5.41, 5.74) is 1.86. The third kappa shape index (κ3) is 4.18. The molecule has 2 atom stereocenters. The van der Waals surface area contributed by atoms with Crippen LogP contribution in [-0.2, 0) is 5.75 Å². The van der Waals surface area contributed by atoms with Gasteiger partial charge in [-0.3, -0.25) is 14.8 Å². The fraction of sp³-hybridized carbons (Fsp3) is 0.348. The van der Waals surface area contributed by atoms with Crippen LogP contribution in [0, 0.1) is 11.3 Å². The third-order valence-electron chi connectivity index (χ3n) is 5.83. The van der Waals surface area contributed by atoms with Gasteiger partial charge < -0.3 is 14.5 Å². The first-order chi connectivity index (χ1) is 15.7. The summed E-state index contributed by atoms with van der Waals surface area (Å²) < 4.78 is 5.53. The second-order valence-corrected chi connectivity index (χ2v) is 8.50. The Balaban J connectivity index is 1.54. The predicted molar refractivity (Wildman–Crippen MR) is 125 cm³/mol. The van der Waals surface area contributed by atoms with Crippen molar-refractivity contribution in [1.29, 1.82) is 5.26 Å². The van der Waals surface area contributed by atoms with Crippen LogP contribution in [0.3, 0.4) is 0 Å². The number of hydrogen-bond acceptors (Lipinski definition) is 8. The lowest BCUT2D eigenvalue weighted by molar-refractivity contribution is 0.0716. The minimum atomic E-state index is 0.00164. The highest BCUT2D eigenvalue weighted by atomic mass is 32.2. The Morgan fingerprint density at radius 3 is 2.81 bits per heavy atom. The number of pyridine rings is 2. The molecule has 1 amide bonds. The van der Waals surface area contributed by atoms with E-state index in [0.717, 1.165) is 18.5 Å². The van der Waals surface area contributed by atoms with Crippen LogP contribution in [0.15, 0.2) is 47.2 Å². The zero-order chi connectivity index (χ0) is 22.5. The van der Waals surface area contributed by atoms with Gasteiger partial charge >= 0.3 is 0 Å². The molecule has 32 heavy (non-hydrogen) atoms. The third-order valence-corrected chi connectivity index (χ3v) is 6.58. The molecule has 0 radical (unpaired) electrons. The van der Waals surface area contributed by atoms with Crippen LogP contribution in [0.5, 0.6) is 5.75 Å². The van der Waals surface area contributed by atoms with Crippen molar-refractivity contribution in [3.63, 3.8) is 0 Å². The molecule has 0 spiro atoms. The number of nitrogens with zero attached hydrogens (tertiary/aromatic N) is 6. The summed E-state index contributed by atoms with van der Waals surface area (Å²) in [6, 6.07) is 7.74. The number of hydrogen-bond donors (Lipinski definition) is 0. The number of amides is 1. The van der Waals surface area contributed by atoms with Gasteiger partial charge in [0.15, 0.2) is 11.6 Å². The molecule has 2 aromatic heterocycles. The number of fused-ring (bicyclic) bond motifs is 2. The fourth-order valence-corrected chi connectivity index (χ4v) is 5.11. The van der Waals surface area contributed by atoms with Crippen molar-refractivity contribution in [1.82, 2.24) is 14.9 Å². The van der Waals surface area contributed by atoms with E-state index < -0.39 is 0 Å². The van der Waals surface area contributed by atoms with Crippen molar-refractivity contribution in [3.8, 4) is 11.8 Å². The van der Waals surface area contributed by atoms with Crippen molar-refractivity contribution in [2.75, 3.05) is 25.1 Å². The highest BCUT2D eigenvalue weighted by Gasteiger charge is 2.43. The zero-order valence-electron chi connectivity index (χ0n) is 17.8. The van der Waals surface area contributed by atoms with E-state index in [4.69, 9.17) is 4.74 Å². The van der Waals surface area contributed by atoms with Gasteiger partial charge in [0.25, 0.3) is 5.91 Å². The molecular formula is C23H24N6O2S. The van der Waals surface area contributed by atoms with E-state index in [1.54, 1.807) is 37.8 Å². The lowest BCUT2D eigenvalue weighted by atomic mass is 10.1. The van der Waals surface area contributed by atoms with Crippen LogP contribution in [-0.4, -0.2) is 59.8 Å². The molecule has 4 rings (SSSR count). The number of piperazine rings is 1. The summed E-state index contributed by atoms with van der Waals surface area (Å²) in [5, 5.41) is 11.3. The maximum absolute atomic E-state index is 13.4. The number of anilines is 1. The SMILES string of the molecule is C=N/C=C\SCc1ncccc1C(=O)N1CC2CCC(C1)N2c1nccc(C#N)c1OC. The van der Waals surface area contributed by atoms with Crippen molar-refractivity contribution >= 4 is 30.2 Å². The summed E-state index contributed by atoms with van der Waals surface area (Å²) in [5.74, 6) is 1.78. The van der Waals surface area contributed by atoms with Gasteiger partial charge in [-0.2, -0.15) is 5.26 Å². The molecule has 2 fully saturated rings. The van der Waals surface area contributed by atoms with Crippen molar-refractivity contribution in [3.05, 3.63) is 59.0 Å². The van der Waals surface area contributed by atoms with Gasteiger partial charge in [0.05, 0.1) is 23.9 Å². The number of carbonyl (C=O) groups excluding carboxylic acids is 1. The van der Waals surface area contributed by atoms with E-state index in [2.05, 4.69) is 32.6 Å². The summed E-state index contributed by atoms with van der Waals surface area (Å²) >= 11 is 1.52. The molecule has 2 aliphatic heterocycles. The number of likely N-dealkylation sites (tertiary alicyclic amines) is 1. The molecule has 2 aromatic rings. The second kappa shape index (κ2) is 9.83. The number of methoxy groups -OCH3 is 1. The van der Waals surface area contributed by atoms with E-state index in [1.807, 2.05) is 16.4 Å². The van der Waals surface area contributed by atoms with Gasteiger partial charge in [-0.25, -0.2) is 4.98 Å². The molecule has 9 heteroatoms. The van der Waals surface area contributed by atoms with Gasteiger partial charge in [-0.15, -0.1) is 11.8 Å². The first-order valence-corrected chi connectivity index (χ1v) is 11.4. The Morgan fingerprint density at radius 2 is 2.12 bits per heavy atom. The van der Waals surface area contributed by atoms with E-state index in [1.165, 1.54) is 11.8 Å². The summed E-state index contributed by atoms with van der Waals surface area (Å²) in [7, 11) is 1.56. The lowest BCUT2D eigenvalue weighted by Gasteiger charge is -2.42. The van der Waals surface area contributed by atoms with Crippen LogP contribution in [0.2, 0.25) is 0 Å². The molecule has 0 aliphatic carbocycles. The molecule has 0 aromatic carbocycles. The number of ether oxygens (including phenoxy) is 1. The minimum absolute atomic E-state index is 0.00164. The fourth-order valence-electron chi connectivity index (χ4n) is 4.46. The molecular weight excluding hydrogens is 424 g/mol. The highest BCUT2D eigenvalue weighted by Crippen LogP contribution is 2.40. The summed E-state index contributed by atoms with van der Waals surface area (Å²) in [6.45, 7) is 4.61. The Bertz CT molecular complexity index is 1070. The van der Waals surface area contributed by atoms with Gasteiger partial charge in [-0.05, 0) is 43.2 Å². The highest BCUT2D eigenvalue weighted by molar-refractivity contribution is 8.01. The van der Waals surface area contributed by atoms with Crippen LogP contribution in [0.4, 0.5) is 5.82 Å². The second-order valence-electron chi connectivity index (χ2n) is 7.61. The molecule has 2 unspecified atom stereocenters. The average Bonchev–Trinajstić information content (AvgIpc) is 3.09. The van der Waals surface area contributed by atoms with Gasteiger partial charge in [0.2, 0.25) is 0 Å². The molecule has 4 heterocycles. The quantitative estimate of drug-likeness (QED) is 0.600.